The lowest BCUT2D eigenvalue weighted by Gasteiger charge is -2.14. The molecule has 8 nitrogen and oxygen atoms in total. The van der Waals surface area contributed by atoms with E-state index in [1.165, 1.54) is 0 Å². The molecule has 1 amide bonds. The maximum atomic E-state index is 12.6. The van der Waals surface area contributed by atoms with E-state index in [-0.39, 0.29) is 5.91 Å². The SMILES string of the molecule is COCCN1CC[C@@H](c2nnc3ccc(C(=O)NCCc4ccncc4)cn23)C1. The molecule has 1 aliphatic rings. The molecular weight excluding hydrogens is 368 g/mol. The molecule has 1 atom stereocenters. The van der Waals surface area contributed by atoms with Crippen molar-refractivity contribution in [1.82, 2.24) is 29.8 Å². The van der Waals surface area contributed by atoms with Gasteiger partial charge in [0.2, 0.25) is 0 Å². The smallest absolute Gasteiger partial charge is 0.252 e. The van der Waals surface area contributed by atoms with Crippen molar-refractivity contribution in [2.75, 3.05) is 39.9 Å². The first-order valence-electron chi connectivity index (χ1n) is 9.97. The number of carbonyl (C=O) groups is 1. The van der Waals surface area contributed by atoms with Crippen molar-refractivity contribution in [2.45, 2.75) is 18.8 Å². The molecule has 0 saturated carbocycles. The number of ether oxygens (including phenoxy) is 1. The number of fused-ring (bicyclic) bond motifs is 1. The molecule has 1 saturated heterocycles. The van der Waals surface area contributed by atoms with E-state index in [4.69, 9.17) is 4.74 Å². The number of rotatable bonds is 8. The van der Waals surface area contributed by atoms with Gasteiger partial charge in [0.25, 0.3) is 5.91 Å². The zero-order valence-electron chi connectivity index (χ0n) is 16.6. The van der Waals surface area contributed by atoms with Crippen LogP contribution in [0.15, 0.2) is 42.9 Å². The summed E-state index contributed by atoms with van der Waals surface area (Å²) < 4.78 is 7.14. The molecule has 0 spiro atoms. The largest absolute Gasteiger partial charge is 0.383 e. The summed E-state index contributed by atoms with van der Waals surface area (Å²) >= 11 is 0. The standard InChI is InChI=1S/C21H26N6O2/c1-29-13-12-26-11-7-17(14-26)20-25-24-19-3-2-18(15-27(19)20)21(28)23-10-6-16-4-8-22-9-5-16/h2-5,8-9,15,17H,6-7,10-14H2,1H3,(H,23,28)/t17-/m1/s1. The van der Waals surface area contributed by atoms with Crippen LogP contribution in [0.2, 0.25) is 0 Å². The first-order valence-corrected chi connectivity index (χ1v) is 9.97. The van der Waals surface area contributed by atoms with Crippen molar-refractivity contribution >= 4 is 11.6 Å². The molecule has 152 valence electrons. The maximum Gasteiger partial charge on any atom is 0.252 e. The van der Waals surface area contributed by atoms with Crippen molar-refractivity contribution in [1.29, 1.82) is 0 Å². The van der Waals surface area contributed by atoms with Crippen LogP contribution in [-0.2, 0) is 11.2 Å². The van der Waals surface area contributed by atoms with Crippen LogP contribution in [0.25, 0.3) is 5.65 Å². The lowest BCUT2D eigenvalue weighted by atomic mass is 10.1. The number of nitrogens with zero attached hydrogens (tertiary/aromatic N) is 5. The fourth-order valence-corrected chi connectivity index (χ4v) is 3.76. The van der Waals surface area contributed by atoms with Gasteiger partial charge in [-0.1, -0.05) is 0 Å². The zero-order valence-corrected chi connectivity index (χ0v) is 16.6. The second kappa shape index (κ2) is 9.11. The van der Waals surface area contributed by atoms with Gasteiger partial charge in [-0.25, -0.2) is 0 Å². The predicted octanol–water partition coefficient (Wildman–Crippen LogP) is 1.53. The highest BCUT2D eigenvalue weighted by Crippen LogP contribution is 2.26. The Morgan fingerprint density at radius 3 is 2.93 bits per heavy atom. The van der Waals surface area contributed by atoms with Crippen molar-refractivity contribution in [3.05, 3.63) is 59.8 Å². The number of pyridine rings is 2. The van der Waals surface area contributed by atoms with E-state index in [0.717, 1.165) is 56.1 Å². The minimum Gasteiger partial charge on any atom is -0.383 e. The summed E-state index contributed by atoms with van der Waals surface area (Å²) in [5, 5.41) is 11.7. The minimum absolute atomic E-state index is 0.0891. The van der Waals surface area contributed by atoms with Crippen molar-refractivity contribution < 1.29 is 9.53 Å². The molecule has 1 fully saturated rings. The molecule has 1 N–H and O–H groups in total. The second-order valence-corrected chi connectivity index (χ2v) is 7.34. The Kier molecular flexibility index (Phi) is 6.12. The summed E-state index contributed by atoms with van der Waals surface area (Å²) in [7, 11) is 1.73. The monoisotopic (exact) mass is 394 g/mol. The zero-order chi connectivity index (χ0) is 20.1. The lowest BCUT2D eigenvalue weighted by molar-refractivity contribution is 0.0953. The number of carbonyl (C=O) groups excluding carboxylic acids is 1. The molecule has 1 aliphatic heterocycles. The molecular formula is C21H26N6O2. The molecule has 0 bridgehead atoms. The molecule has 0 radical (unpaired) electrons. The highest BCUT2D eigenvalue weighted by atomic mass is 16.5. The van der Waals surface area contributed by atoms with Gasteiger partial charge < -0.3 is 15.0 Å². The number of methoxy groups -OCH3 is 1. The van der Waals surface area contributed by atoms with Gasteiger partial charge in [0.1, 0.15) is 5.82 Å². The quantitative estimate of drug-likeness (QED) is 0.624. The average Bonchev–Trinajstić information content (AvgIpc) is 3.39. The van der Waals surface area contributed by atoms with E-state index in [0.29, 0.717) is 18.0 Å². The second-order valence-electron chi connectivity index (χ2n) is 7.34. The number of likely N-dealkylation sites (tertiary alicyclic amines) is 1. The van der Waals surface area contributed by atoms with Crippen LogP contribution in [0, 0.1) is 0 Å². The van der Waals surface area contributed by atoms with E-state index < -0.39 is 0 Å². The van der Waals surface area contributed by atoms with Crippen molar-refractivity contribution in [2.24, 2.45) is 0 Å². The van der Waals surface area contributed by atoms with Gasteiger partial charge in [-0.05, 0) is 49.2 Å². The van der Waals surface area contributed by atoms with Gasteiger partial charge in [-0.3, -0.25) is 14.2 Å². The van der Waals surface area contributed by atoms with E-state index >= 15 is 0 Å². The molecule has 0 aliphatic carbocycles. The Labute approximate surface area is 169 Å². The van der Waals surface area contributed by atoms with Gasteiger partial charge in [0.05, 0.1) is 12.2 Å². The molecule has 3 aromatic heterocycles. The van der Waals surface area contributed by atoms with Crippen LogP contribution in [-0.4, -0.2) is 70.3 Å². The van der Waals surface area contributed by atoms with Crippen molar-refractivity contribution in [3.8, 4) is 0 Å². The van der Waals surface area contributed by atoms with Gasteiger partial charge in [-0.15, -0.1) is 10.2 Å². The summed E-state index contributed by atoms with van der Waals surface area (Å²) in [5.41, 5.74) is 2.53. The molecule has 4 heterocycles. The van der Waals surface area contributed by atoms with Crippen molar-refractivity contribution in [3.63, 3.8) is 0 Å². The van der Waals surface area contributed by atoms with Gasteiger partial charge in [0, 0.05) is 51.3 Å². The first kappa shape index (κ1) is 19.5. The number of aromatic nitrogens is 4. The van der Waals surface area contributed by atoms with Crippen LogP contribution in [0.1, 0.15) is 34.1 Å². The Balaban J connectivity index is 1.42. The maximum absolute atomic E-state index is 12.6. The van der Waals surface area contributed by atoms with Crippen LogP contribution in [0.4, 0.5) is 0 Å². The van der Waals surface area contributed by atoms with E-state index in [1.807, 2.05) is 28.8 Å². The third-order valence-corrected chi connectivity index (χ3v) is 5.39. The third-order valence-electron chi connectivity index (χ3n) is 5.39. The summed E-state index contributed by atoms with van der Waals surface area (Å²) in [6.07, 6.45) is 7.18. The summed E-state index contributed by atoms with van der Waals surface area (Å²) in [6.45, 7) is 4.20. The van der Waals surface area contributed by atoms with Crippen LogP contribution in [0.3, 0.4) is 0 Å². The molecule has 8 heteroatoms. The number of amides is 1. The number of hydrogen-bond acceptors (Lipinski definition) is 6. The highest BCUT2D eigenvalue weighted by Gasteiger charge is 2.27. The molecule has 4 rings (SSSR count). The fourth-order valence-electron chi connectivity index (χ4n) is 3.76. The molecule has 0 aromatic carbocycles. The average molecular weight is 394 g/mol. The van der Waals surface area contributed by atoms with Gasteiger partial charge in [0.15, 0.2) is 5.65 Å². The van der Waals surface area contributed by atoms with Gasteiger partial charge >= 0.3 is 0 Å². The fraction of sp³-hybridized carbons (Fsp3) is 0.429. The topological polar surface area (TPSA) is 84.6 Å². The summed E-state index contributed by atoms with van der Waals surface area (Å²) in [6, 6.07) is 7.57. The Bertz CT molecular complexity index is 958. The minimum atomic E-state index is -0.0891. The lowest BCUT2D eigenvalue weighted by Crippen LogP contribution is -2.26. The Morgan fingerprint density at radius 2 is 2.10 bits per heavy atom. The summed E-state index contributed by atoms with van der Waals surface area (Å²) in [4.78, 5) is 19.0. The van der Waals surface area contributed by atoms with Crippen LogP contribution in [0.5, 0.6) is 0 Å². The first-order chi connectivity index (χ1) is 14.2. The molecule has 29 heavy (non-hydrogen) atoms. The highest BCUT2D eigenvalue weighted by molar-refractivity contribution is 5.94. The normalized spacial score (nSPS) is 17.1. The molecule has 0 unspecified atom stereocenters. The number of nitrogens with one attached hydrogen (secondary N) is 1. The van der Waals surface area contributed by atoms with E-state index in [9.17, 15) is 4.79 Å². The summed E-state index contributed by atoms with van der Waals surface area (Å²) in [5.74, 6) is 1.15. The van der Waals surface area contributed by atoms with E-state index in [1.54, 1.807) is 25.6 Å². The van der Waals surface area contributed by atoms with Crippen LogP contribution >= 0.6 is 0 Å². The van der Waals surface area contributed by atoms with Gasteiger partial charge in [-0.2, -0.15) is 0 Å². The Morgan fingerprint density at radius 1 is 1.24 bits per heavy atom. The van der Waals surface area contributed by atoms with Crippen LogP contribution < -0.4 is 5.32 Å². The Hall–Kier alpha value is -2.84. The van der Waals surface area contributed by atoms with E-state index in [2.05, 4.69) is 25.4 Å². The number of hydrogen-bond donors (Lipinski definition) is 1. The predicted molar refractivity (Wildman–Crippen MR) is 109 cm³/mol. The third kappa shape index (κ3) is 4.60. The molecule has 3 aromatic rings.